The van der Waals surface area contributed by atoms with Gasteiger partial charge in [0, 0.05) is 15.7 Å². The third kappa shape index (κ3) is 3.36. The molecule has 0 heterocycles. The Kier molecular flexibility index (Phi) is 4.39. The van der Waals surface area contributed by atoms with Gasteiger partial charge in [-0.2, -0.15) is 0 Å². The first kappa shape index (κ1) is 14.5. The minimum atomic E-state index is -0.991. The molecule has 0 aliphatic carbocycles. The summed E-state index contributed by atoms with van der Waals surface area (Å²) in [5.41, 5.74) is 1.34. The molecular weight excluding hydrogens is 325 g/mol. The number of aromatic carboxylic acids is 1. The first-order valence-electron chi connectivity index (χ1n) is 6.02. The van der Waals surface area contributed by atoms with E-state index in [1.165, 1.54) is 18.2 Å². The Bertz CT molecular complexity index is 646. The molecule has 0 fully saturated rings. The SMILES string of the molecule is CC(Nc1cccc(C(=O)O)c1)c1cc(Br)ccc1F. The molecule has 0 aromatic heterocycles. The van der Waals surface area contributed by atoms with Gasteiger partial charge in [0.05, 0.1) is 11.6 Å². The summed E-state index contributed by atoms with van der Waals surface area (Å²) in [6.45, 7) is 1.82. The lowest BCUT2D eigenvalue weighted by atomic mass is 10.1. The topological polar surface area (TPSA) is 49.3 Å². The molecule has 20 heavy (non-hydrogen) atoms. The van der Waals surface area contributed by atoms with Crippen LogP contribution in [0.2, 0.25) is 0 Å². The number of hydrogen-bond acceptors (Lipinski definition) is 2. The molecule has 0 radical (unpaired) electrons. The van der Waals surface area contributed by atoms with Gasteiger partial charge in [-0.25, -0.2) is 9.18 Å². The number of hydrogen-bond donors (Lipinski definition) is 2. The molecule has 2 aromatic carbocycles. The van der Waals surface area contributed by atoms with Crippen LogP contribution in [0.4, 0.5) is 10.1 Å². The van der Waals surface area contributed by atoms with E-state index in [9.17, 15) is 9.18 Å². The summed E-state index contributed by atoms with van der Waals surface area (Å²) in [6, 6.07) is 10.9. The van der Waals surface area contributed by atoms with Gasteiger partial charge in [-0.05, 0) is 43.3 Å². The smallest absolute Gasteiger partial charge is 0.335 e. The highest BCUT2D eigenvalue weighted by atomic mass is 79.9. The van der Waals surface area contributed by atoms with Crippen molar-refractivity contribution in [3.63, 3.8) is 0 Å². The summed E-state index contributed by atoms with van der Waals surface area (Å²) in [5, 5.41) is 12.0. The van der Waals surface area contributed by atoms with Gasteiger partial charge in [0.25, 0.3) is 0 Å². The summed E-state index contributed by atoms with van der Waals surface area (Å²) in [4.78, 5) is 10.9. The number of anilines is 1. The van der Waals surface area contributed by atoms with E-state index < -0.39 is 5.97 Å². The van der Waals surface area contributed by atoms with E-state index in [1.54, 1.807) is 24.3 Å². The van der Waals surface area contributed by atoms with Gasteiger partial charge in [0.15, 0.2) is 0 Å². The molecule has 0 amide bonds. The molecule has 2 aromatic rings. The normalized spacial score (nSPS) is 11.9. The van der Waals surface area contributed by atoms with Crippen LogP contribution in [0, 0.1) is 5.82 Å². The summed E-state index contributed by atoms with van der Waals surface area (Å²) in [5.74, 6) is -1.29. The summed E-state index contributed by atoms with van der Waals surface area (Å²) >= 11 is 3.31. The van der Waals surface area contributed by atoms with Gasteiger partial charge in [0.1, 0.15) is 5.82 Å². The lowest BCUT2D eigenvalue weighted by molar-refractivity contribution is 0.0697. The van der Waals surface area contributed by atoms with Crippen LogP contribution in [-0.2, 0) is 0 Å². The van der Waals surface area contributed by atoms with Crippen LogP contribution in [0.25, 0.3) is 0 Å². The number of rotatable bonds is 4. The minimum Gasteiger partial charge on any atom is -0.478 e. The number of benzene rings is 2. The van der Waals surface area contributed by atoms with Crippen molar-refractivity contribution in [2.75, 3.05) is 5.32 Å². The fourth-order valence-corrected chi connectivity index (χ4v) is 2.29. The van der Waals surface area contributed by atoms with Crippen LogP contribution in [0.3, 0.4) is 0 Å². The van der Waals surface area contributed by atoms with Gasteiger partial charge < -0.3 is 10.4 Å². The van der Waals surface area contributed by atoms with Crippen LogP contribution < -0.4 is 5.32 Å². The highest BCUT2D eigenvalue weighted by molar-refractivity contribution is 9.10. The first-order chi connectivity index (χ1) is 9.47. The second-order valence-electron chi connectivity index (χ2n) is 4.42. The maximum atomic E-state index is 13.8. The summed E-state index contributed by atoms with van der Waals surface area (Å²) in [7, 11) is 0. The van der Waals surface area contributed by atoms with E-state index in [2.05, 4.69) is 21.2 Å². The van der Waals surface area contributed by atoms with Crippen molar-refractivity contribution in [2.24, 2.45) is 0 Å². The predicted molar refractivity (Wildman–Crippen MR) is 79.5 cm³/mol. The van der Waals surface area contributed by atoms with E-state index in [0.717, 1.165) is 4.47 Å². The number of carboxylic acid groups (broad SMARTS) is 1. The fourth-order valence-electron chi connectivity index (χ4n) is 1.92. The Hall–Kier alpha value is -1.88. The summed E-state index contributed by atoms with van der Waals surface area (Å²) in [6.07, 6.45) is 0. The van der Waals surface area contributed by atoms with Crippen LogP contribution in [0.5, 0.6) is 0 Å². The Morgan fingerprint density at radius 3 is 2.75 bits per heavy atom. The average molecular weight is 338 g/mol. The van der Waals surface area contributed by atoms with E-state index in [-0.39, 0.29) is 17.4 Å². The molecule has 5 heteroatoms. The fraction of sp³-hybridized carbons (Fsp3) is 0.133. The zero-order valence-electron chi connectivity index (χ0n) is 10.7. The van der Waals surface area contributed by atoms with Gasteiger partial charge in [-0.15, -0.1) is 0 Å². The Balaban J connectivity index is 2.23. The first-order valence-corrected chi connectivity index (χ1v) is 6.81. The monoisotopic (exact) mass is 337 g/mol. The third-order valence-corrected chi connectivity index (χ3v) is 3.41. The number of nitrogens with one attached hydrogen (secondary N) is 1. The van der Waals surface area contributed by atoms with E-state index in [4.69, 9.17) is 5.11 Å². The van der Waals surface area contributed by atoms with Crippen LogP contribution in [0.15, 0.2) is 46.9 Å². The molecule has 1 atom stereocenters. The van der Waals surface area contributed by atoms with Crippen LogP contribution in [-0.4, -0.2) is 11.1 Å². The molecule has 3 nitrogen and oxygen atoms in total. The second kappa shape index (κ2) is 6.05. The Morgan fingerprint density at radius 2 is 2.05 bits per heavy atom. The minimum absolute atomic E-state index is 0.192. The highest BCUT2D eigenvalue weighted by Crippen LogP contribution is 2.25. The summed E-state index contributed by atoms with van der Waals surface area (Å²) < 4.78 is 14.6. The predicted octanol–water partition coefficient (Wildman–Crippen LogP) is 4.46. The highest BCUT2D eigenvalue weighted by Gasteiger charge is 2.12. The Morgan fingerprint density at radius 1 is 1.30 bits per heavy atom. The van der Waals surface area contributed by atoms with Crippen molar-refractivity contribution in [1.29, 1.82) is 0 Å². The van der Waals surface area contributed by atoms with Crippen molar-refractivity contribution in [1.82, 2.24) is 0 Å². The zero-order chi connectivity index (χ0) is 14.7. The largest absolute Gasteiger partial charge is 0.478 e. The lowest BCUT2D eigenvalue weighted by Crippen LogP contribution is -2.09. The molecular formula is C15H13BrFNO2. The lowest BCUT2D eigenvalue weighted by Gasteiger charge is -2.17. The van der Waals surface area contributed by atoms with Crippen LogP contribution >= 0.6 is 15.9 Å². The van der Waals surface area contributed by atoms with Crippen LogP contribution in [0.1, 0.15) is 28.9 Å². The molecule has 0 aliphatic heterocycles. The standard InChI is InChI=1S/C15H13BrFNO2/c1-9(13-8-11(16)5-6-14(13)17)18-12-4-2-3-10(7-12)15(19)20/h2-9,18H,1H3,(H,19,20). The van der Waals surface area contributed by atoms with Crippen molar-refractivity contribution in [3.05, 3.63) is 63.9 Å². The van der Waals surface area contributed by atoms with E-state index >= 15 is 0 Å². The van der Waals surface area contributed by atoms with Gasteiger partial charge in [-0.1, -0.05) is 22.0 Å². The van der Waals surface area contributed by atoms with Crippen molar-refractivity contribution < 1.29 is 14.3 Å². The number of halogens is 2. The molecule has 2 rings (SSSR count). The molecule has 1 unspecified atom stereocenters. The molecule has 0 aliphatic rings. The van der Waals surface area contributed by atoms with E-state index in [1.807, 2.05) is 6.92 Å². The average Bonchev–Trinajstić information content (AvgIpc) is 2.41. The van der Waals surface area contributed by atoms with Gasteiger partial charge in [-0.3, -0.25) is 0 Å². The molecule has 104 valence electrons. The quantitative estimate of drug-likeness (QED) is 0.865. The number of carboxylic acids is 1. The molecule has 0 saturated carbocycles. The third-order valence-electron chi connectivity index (χ3n) is 2.92. The second-order valence-corrected chi connectivity index (χ2v) is 5.33. The maximum Gasteiger partial charge on any atom is 0.335 e. The molecule has 0 saturated heterocycles. The number of carbonyl (C=O) groups is 1. The maximum absolute atomic E-state index is 13.8. The molecule has 0 spiro atoms. The van der Waals surface area contributed by atoms with Gasteiger partial charge in [0.2, 0.25) is 0 Å². The van der Waals surface area contributed by atoms with Gasteiger partial charge >= 0.3 is 5.97 Å². The molecule has 2 N–H and O–H groups in total. The van der Waals surface area contributed by atoms with Crippen molar-refractivity contribution >= 4 is 27.6 Å². The van der Waals surface area contributed by atoms with Crippen molar-refractivity contribution in [2.45, 2.75) is 13.0 Å². The van der Waals surface area contributed by atoms with E-state index in [0.29, 0.717) is 11.3 Å². The van der Waals surface area contributed by atoms with Crippen molar-refractivity contribution in [3.8, 4) is 0 Å². The Labute approximate surface area is 124 Å². The molecule has 0 bridgehead atoms. The zero-order valence-corrected chi connectivity index (χ0v) is 12.3.